The molecule has 0 saturated carbocycles. The SMILES string of the molecule is N#Cc1ccc(F)c(COc2ccc(F)cc2CCl)c1. The number of benzene rings is 2. The molecule has 0 fully saturated rings. The molecule has 0 heterocycles. The van der Waals surface area contributed by atoms with Crippen molar-refractivity contribution >= 4 is 11.6 Å². The number of rotatable bonds is 4. The Hall–Kier alpha value is -2.12. The van der Waals surface area contributed by atoms with E-state index in [9.17, 15) is 8.78 Å². The Morgan fingerprint density at radius 1 is 1.10 bits per heavy atom. The lowest BCUT2D eigenvalue weighted by Crippen LogP contribution is -2.01. The van der Waals surface area contributed by atoms with Crippen LogP contribution in [0.5, 0.6) is 5.75 Å². The van der Waals surface area contributed by atoms with Crippen molar-refractivity contribution < 1.29 is 13.5 Å². The standard InChI is InChI=1S/C15H10ClF2NO/c16-7-11-6-13(17)2-4-15(11)20-9-12-5-10(8-19)1-3-14(12)18/h1-6H,7,9H2. The van der Waals surface area contributed by atoms with Crippen molar-refractivity contribution in [2.45, 2.75) is 12.5 Å². The molecule has 0 aromatic heterocycles. The molecule has 0 atom stereocenters. The first kappa shape index (κ1) is 14.3. The van der Waals surface area contributed by atoms with Gasteiger partial charge in [-0.05, 0) is 36.4 Å². The number of ether oxygens (including phenoxy) is 1. The monoisotopic (exact) mass is 293 g/mol. The second-order valence-corrected chi connectivity index (χ2v) is 4.36. The summed E-state index contributed by atoms with van der Waals surface area (Å²) >= 11 is 5.70. The number of halogens is 3. The van der Waals surface area contributed by atoms with Crippen LogP contribution in [0.2, 0.25) is 0 Å². The molecule has 0 saturated heterocycles. The molecule has 0 aliphatic heterocycles. The van der Waals surface area contributed by atoms with Crippen molar-refractivity contribution in [1.82, 2.24) is 0 Å². The van der Waals surface area contributed by atoms with Gasteiger partial charge >= 0.3 is 0 Å². The quantitative estimate of drug-likeness (QED) is 0.793. The smallest absolute Gasteiger partial charge is 0.129 e. The van der Waals surface area contributed by atoms with Gasteiger partial charge in [0.15, 0.2) is 0 Å². The van der Waals surface area contributed by atoms with E-state index in [4.69, 9.17) is 21.6 Å². The number of alkyl halides is 1. The van der Waals surface area contributed by atoms with E-state index in [-0.39, 0.29) is 18.1 Å². The van der Waals surface area contributed by atoms with Gasteiger partial charge in [-0.25, -0.2) is 8.78 Å². The number of hydrogen-bond donors (Lipinski definition) is 0. The van der Waals surface area contributed by atoms with Crippen LogP contribution in [0.25, 0.3) is 0 Å². The van der Waals surface area contributed by atoms with Crippen LogP contribution in [-0.2, 0) is 12.5 Å². The Bertz CT molecular complexity index is 667. The largest absolute Gasteiger partial charge is 0.488 e. The summed E-state index contributed by atoms with van der Waals surface area (Å²) in [5.74, 6) is -0.388. The maximum atomic E-state index is 13.6. The fourth-order valence-electron chi connectivity index (χ4n) is 1.70. The maximum absolute atomic E-state index is 13.6. The van der Waals surface area contributed by atoms with Gasteiger partial charge in [0.05, 0.1) is 17.5 Å². The second-order valence-electron chi connectivity index (χ2n) is 4.09. The Balaban J connectivity index is 2.19. The molecule has 0 N–H and O–H groups in total. The zero-order chi connectivity index (χ0) is 14.5. The summed E-state index contributed by atoms with van der Waals surface area (Å²) in [7, 11) is 0. The van der Waals surface area contributed by atoms with E-state index in [1.807, 2.05) is 6.07 Å². The Labute approximate surface area is 120 Å². The molecule has 2 nitrogen and oxygen atoms in total. The topological polar surface area (TPSA) is 33.0 Å². The van der Waals surface area contributed by atoms with Crippen molar-refractivity contribution in [3.63, 3.8) is 0 Å². The third kappa shape index (κ3) is 3.25. The molecular formula is C15H10ClF2NO. The summed E-state index contributed by atoms with van der Waals surface area (Å²) in [5.41, 5.74) is 1.10. The highest BCUT2D eigenvalue weighted by molar-refractivity contribution is 6.17. The van der Waals surface area contributed by atoms with E-state index in [0.717, 1.165) is 0 Å². The second kappa shape index (κ2) is 6.36. The van der Waals surface area contributed by atoms with Gasteiger partial charge < -0.3 is 4.74 Å². The fourth-order valence-corrected chi connectivity index (χ4v) is 1.91. The molecule has 0 amide bonds. The van der Waals surface area contributed by atoms with Crippen LogP contribution >= 0.6 is 11.6 Å². The van der Waals surface area contributed by atoms with Crippen molar-refractivity contribution in [1.29, 1.82) is 5.26 Å². The molecule has 102 valence electrons. The third-order valence-electron chi connectivity index (χ3n) is 2.72. The normalized spacial score (nSPS) is 10.1. The van der Waals surface area contributed by atoms with E-state index in [2.05, 4.69) is 0 Å². The lowest BCUT2D eigenvalue weighted by atomic mass is 10.1. The van der Waals surface area contributed by atoms with Crippen molar-refractivity contribution in [3.8, 4) is 11.8 Å². The van der Waals surface area contributed by atoms with Crippen LogP contribution in [0, 0.1) is 23.0 Å². The molecule has 2 aromatic rings. The Kier molecular flexibility index (Phi) is 4.54. The molecule has 0 radical (unpaired) electrons. The van der Waals surface area contributed by atoms with E-state index in [0.29, 0.717) is 16.9 Å². The molecule has 0 aliphatic rings. The van der Waals surface area contributed by atoms with E-state index in [1.165, 1.54) is 36.4 Å². The molecule has 0 aliphatic carbocycles. The minimum absolute atomic E-state index is 0.0587. The summed E-state index contributed by atoms with van der Waals surface area (Å²) in [6, 6.07) is 9.90. The summed E-state index contributed by atoms with van der Waals surface area (Å²) in [5, 5.41) is 8.78. The highest BCUT2D eigenvalue weighted by Gasteiger charge is 2.08. The van der Waals surface area contributed by atoms with Crippen LogP contribution in [0.15, 0.2) is 36.4 Å². The molecule has 0 spiro atoms. The summed E-state index contributed by atoms with van der Waals surface area (Å²) in [6.45, 7) is -0.0587. The van der Waals surface area contributed by atoms with Crippen molar-refractivity contribution in [2.75, 3.05) is 0 Å². The van der Waals surface area contributed by atoms with Gasteiger partial charge in [-0.1, -0.05) is 0 Å². The molecular weight excluding hydrogens is 284 g/mol. The predicted molar refractivity (Wildman–Crippen MR) is 71.4 cm³/mol. The lowest BCUT2D eigenvalue weighted by Gasteiger charge is -2.11. The molecule has 20 heavy (non-hydrogen) atoms. The van der Waals surface area contributed by atoms with Crippen LogP contribution in [-0.4, -0.2) is 0 Å². The van der Waals surface area contributed by atoms with E-state index in [1.54, 1.807) is 0 Å². The summed E-state index contributed by atoms with van der Waals surface area (Å²) in [4.78, 5) is 0. The number of nitrogens with zero attached hydrogens (tertiary/aromatic N) is 1. The first-order valence-corrected chi connectivity index (χ1v) is 6.33. The average molecular weight is 294 g/mol. The minimum Gasteiger partial charge on any atom is -0.488 e. The Morgan fingerprint density at radius 2 is 1.90 bits per heavy atom. The molecule has 2 aromatic carbocycles. The highest BCUT2D eigenvalue weighted by Crippen LogP contribution is 2.23. The maximum Gasteiger partial charge on any atom is 0.129 e. The zero-order valence-electron chi connectivity index (χ0n) is 10.4. The van der Waals surface area contributed by atoms with Crippen molar-refractivity contribution in [2.24, 2.45) is 0 Å². The highest BCUT2D eigenvalue weighted by atomic mass is 35.5. The molecule has 0 bridgehead atoms. The first-order chi connectivity index (χ1) is 9.63. The number of nitriles is 1. The van der Waals surface area contributed by atoms with Gasteiger partial charge in [0, 0.05) is 11.1 Å². The van der Waals surface area contributed by atoms with E-state index < -0.39 is 11.6 Å². The van der Waals surface area contributed by atoms with Crippen LogP contribution < -0.4 is 4.74 Å². The van der Waals surface area contributed by atoms with E-state index >= 15 is 0 Å². The summed E-state index contributed by atoms with van der Waals surface area (Å²) < 4.78 is 32.1. The average Bonchev–Trinajstić information content (AvgIpc) is 2.47. The zero-order valence-corrected chi connectivity index (χ0v) is 11.1. The third-order valence-corrected chi connectivity index (χ3v) is 3.01. The van der Waals surface area contributed by atoms with Crippen LogP contribution in [0.3, 0.4) is 0 Å². The minimum atomic E-state index is -0.460. The van der Waals surface area contributed by atoms with Crippen molar-refractivity contribution in [3.05, 3.63) is 64.7 Å². The predicted octanol–water partition coefficient (Wildman–Crippen LogP) is 4.15. The van der Waals surface area contributed by atoms with Gasteiger partial charge in [-0.15, -0.1) is 11.6 Å². The lowest BCUT2D eigenvalue weighted by molar-refractivity contribution is 0.297. The van der Waals surface area contributed by atoms with Crippen LogP contribution in [0.1, 0.15) is 16.7 Å². The first-order valence-electron chi connectivity index (χ1n) is 5.79. The molecule has 5 heteroatoms. The fraction of sp³-hybridized carbons (Fsp3) is 0.133. The number of hydrogen-bond acceptors (Lipinski definition) is 2. The van der Waals surface area contributed by atoms with Gasteiger partial charge in [0.25, 0.3) is 0 Å². The molecule has 0 unspecified atom stereocenters. The summed E-state index contributed by atoms with van der Waals surface area (Å²) in [6.07, 6.45) is 0. The van der Waals surface area contributed by atoms with Gasteiger partial charge in [-0.3, -0.25) is 0 Å². The van der Waals surface area contributed by atoms with Gasteiger partial charge in [0.2, 0.25) is 0 Å². The molecule has 2 rings (SSSR count). The van der Waals surface area contributed by atoms with Gasteiger partial charge in [-0.2, -0.15) is 5.26 Å². The van der Waals surface area contributed by atoms with Gasteiger partial charge in [0.1, 0.15) is 24.0 Å². The van der Waals surface area contributed by atoms with Crippen LogP contribution in [0.4, 0.5) is 8.78 Å². The Morgan fingerprint density at radius 3 is 2.60 bits per heavy atom.